The minimum atomic E-state index is -3.74. The van der Waals surface area contributed by atoms with Gasteiger partial charge in [-0.25, -0.2) is 17.6 Å². The molecule has 0 saturated heterocycles. The third-order valence-corrected chi connectivity index (χ3v) is 5.14. The zero-order valence-electron chi connectivity index (χ0n) is 16.2. The summed E-state index contributed by atoms with van der Waals surface area (Å²) in [5.41, 5.74) is 1.37. The molecule has 0 bridgehead atoms. The number of ketones is 1. The molecule has 3 aromatic rings. The Labute approximate surface area is 179 Å². The number of rotatable bonds is 8. The van der Waals surface area contributed by atoms with Gasteiger partial charge in [0.2, 0.25) is 0 Å². The average molecular weight is 439 g/mol. The van der Waals surface area contributed by atoms with E-state index in [1.165, 1.54) is 42.5 Å². The minimum absolute atomic E-state index is 0.148. The normalized spacial score (nSPS) is 11.3. The van der Waals surface area contributed by atoms with Crippen molar-refractivity contribution >= 4 is 33.5 Å². The molecule has 0 heterocycles. The molecule has 0 amide bonds. The van der Waals surface area contributed by atoms with Gasteiger partial charge in [-0.2, -0.15) is 0 Å². The summed E-state index contributed by atoms with van der Waals surface area (Å²) in [6.45, 7) is -0.497. The zero-order valence-corrected chi connectivity index (χ0v) is 17.0. The standard InChI is InChI=1S/C23H18FNO5S/c24-20-10-6-18(7-11-20)22(26)16-30-23(27)19-8-12-21(13-9-19)25-31(28,29)15-14-17-4-2-1-3-5-17/h1-15,25H,16H2. The maximum absolute atomic E-state index is 12.9. The van der Waals surface area contributed by atoms with E-state index in [2.05, 4.69) is 4.72 Å². The fraction of sp³-hybridized carbons (Fsp3) is 0.0435. The van der Waals surface area contributed by atoms with Crippen LogP contribution in [-0.4, -0.2) is 26.8 Å². The van der Waals surface area contributed by atoms with Gasteiger partial charge in [0.15, 0.2) is 12.4 Å². The average Bonchev–Trinajstić information content (AvgIpc) is 2.77. The van der Waals surface area contributed by atoms with Gasteiger partial charge in [0.1, 0.15) is 5.82 Å². The van der Waals surface area contributed by atoms with Crippen LogP contribution >= 0.6 is 0 Å². The van der Waals surface area contributed by atoms with Crippen molar-refractivity contribution in [2.45, 2.75) is 0 Å². The van der Waals surface area contributed by atoms with E-state index in [1.807, 2.05) is 6.07 Å². The third kappa shape index (κ3) is 6.61. The molecule has 0 fully saturated rings. The number of Topliss-reactive ketones (excluding diaryl/α,β-unsaturated/α-hetero) is 1. The van der Waals surface area contributed by atoms with Crippen molar-refractivity contribution in [3.8, 4) is 0 Å². The van der Waals surface area contributed by atoms with Crippen LogP contribution in [0.1, 0.15) is 26.3 Å². The lowest BCUT2D eigenvalue weighted by molar-refractivity contribution is 0.0475. The first-order chi connectivity index (χ1) is 14.8. The SMILES string of the molecule is O=C(COC(=O)c1ccc(NS(=O)(=O)C=Cc2ccccc2)cc1)c1ccc(F)cc1. The molecule has 3 aromatic carbocycles. The molecule has 31 heavy (non-hydrogen) atoms. The van der Waals surface area contributed by atoms with Crippen molar-refractivity contribution < 1.29 is 27.1 Å². The van der Waals surface area contributed by atoms with Crippen LogP contribution in [0.5, 0.6) is 0 Å². The van der Waals surface area contributed by atoms with E-state index in [-0.39, 0.29) is 16.8 Å². The molecule has 0 unspecified atom stereocenters. The Morgan fingerprint density at radius 2 is 1.48 bits per heavy atom. The summed E-state index contributed by atoms with van der Waals surface area (Å²) in [5, 5.41) is 1.05. The van der Waals surface area contributed by atoms with Gasteiger partial charge in [-0.05, 0) is 60.2 Å². The maximum atomic E-state index is 12.9. The Morgan fingerprint density at radius 1 is 0.871 bits per heavy atom. The van der Waals surface area contributed by atoms with Crippen LogP contribution in [0.4, 0.5) is 10.1 Å². The van der Waals surface area contributed by atoms with Crippen LogP contribution in [0, 0.1) is 5.82 Å². The van der Waals surface area contributed by atoms with Crippen molar-refractivity contribution in [3.05, 3.63) is 107 Å². The smallest absolute Gasteiger partial charge is 0.338 e. The summed E-state index contributed by atoms with van der Waals surface area (Å²) in [5.74, 6) is -1.68. The van der Waals surface area contributed by atoms with Gasteiger partial charge >= 0.3 is 5.97 Å². The number of hydrogen-bond donors (Lipinski definition) is 1. The molecule has 0 radical (unpaired) electrons. The van der Waals surface area contributed by atoms with Gasteiger partial charge in [0, 0.05) is 11.3 Å². The Kier molecular flexibility index (Phi) is 6.94. The number of anilines is 1. The van der Waals surface area contributed by atoms with Crippen molar-refractivity contribution in [2.24, 2.45) is 0 Å². The van der Waals surface area contributed by atoms with E-state index >= 15 is 0 Å². The van der Waals surface area contributed by atoms with E-state index in [4.69, 9.17) is 4.74 Å². The second kappa shape index (κ2) is 9.82. The molecule has 0 atom stereocenters. The highest BCUT2D eigenvalue weighted by molar-refractivity contribution is 7.95. The van der Waals surface area contributed by atoms with E-state index in [0.29, 0.717) is 0 Å². The molecule has 158 valence electrons. The van der Waals surface area contributed by atoms with E-state index in [9.17, 15) is 22.4 Å². The first-order valence-corrected chi connectivity index (χ1v) is 10.7. The zero-order chi connectivity index (χ0) is 22.3. The van der Waals surface area contributed by atoms with E-state index in [1.54, 1.807) is 24.3 Å². The number of halogens is 1. The fourth-order valence-corrected chi connectivity index (χ4v) is 3.41. The highest BCUT2D eigenvalue weighted by Crippen LogP contribution is 2.14. The second-order valence-corrected chi connectivity index (χ2v) is 8.01. The van der Waals surface area contributed by atoms with E-state index in [0.717, 1.165) is 23.1 Å². The third-order valence-electron chi connectivity index (χ3n) is 4.12. The Balaban J connectivity index is 1.56. The molecule has 0 saturated carbocycles. The predicted octanol–water partition coefficient (Wildman–Crippen LogP) is 4.28. The van der Waals surface area contributed by atoms with Gasteiger partial charge < -0.3 is 4.74 Å². The number of benzene rings is 3. The summed E-state index contributed by atoms with van der Waals surface area (Å²) in [6, 6.07) is 19.4. The molecule has 1 N–H and O–H groups in total. The van der Waals surface area contributed by atoms with Gasteiger partial charge in [0.25, 0.3) is 10.0 Å². The molecule has 0 spiro atoms. The Hall–Kier alpha value is -3.78. The second-order valence-electron chi connectivity index (χ2n) is 6.44. The quantitative estimate of drug-likeness (QED) is 0.418. The lowest BCUT2D eigenvalue weighted by atomic mass is 10.1. The molecular weight excluding hydrogens is 421 g/mol. The largest absolute Gasteiger partial charge is 0.454 e. The summed E-state index contributed by atoms with van der Waals surface area (Å²) in [4.78, 5) is 24.1. The fourth-order valence-electron chi connectivity index (χ4n) is 2.54. The molecular formula is C23H18FNO5S. The van der Waals surface area contributed by atoms with Gasteiger partial charge in [0.05, 0.1) is 11.0 Å². The first-order valence-electron chi connectivity index (χ1n) is 9.14. The summed E-state index contributed by atoms with van der Waals surface area (Å²) < 4.78 is 44.6. The van der Waals surface area contributed by atoms with Crippen LogP contribution in [0.25, 0.3) is 6.08 Å². The van der Waals surface area contributed by atoms with Crippen LogP contribution in [0.2, 0.25) is 0 Å². The molecule has 0 aromatic heterocycles. The van der Waals surface area contributed by atoms with E-state index < -0.39 is 34.2 Å². The van der Waals surface area contributed by atoms with Crippen LogP contribution in [0.3, 0.4) is 0 Å². The molecule has 6 nitrogen and oxygen atoms in total. The predicted molar refractivity (Wildman–Crippen MR) is 115 cm³/mol. The highest BCUT2D eigenvalue weighted by Gasteiger charge is 2.13. The summed E-state index contributed by atoms with van der Waals surface area (Å²) in [6.07, 6.45) is 1.46. The monoisotopic (exact) mass is 439 g/mol. The number of esters is 1. The number of carbonyl (C=O) groups is 2. The minimum Gasteiger partial charge on any atom is -0.454 e. The summed E-state index contributed by atoms with van der Waals surface area (Å²) >= 11 is 0. The number of carbonyl (C=O) groups excluding carboxylic acids is 2. The van der Waals surface area contributed by atoms with Crippen molar-refractivity contribution in [1.82, 2.24) is 0 Å². The van der Waals surface area contributed by atoms with Crippen molar-refractivity contribution in [1.29, 1.82) is 0 Å². The van der Waals surface area contributed by atoms with Crippen LogP contribution in [0.15, 0.2) is 84.3 Å². The van der Waals surface area contributed by atoms with Crippen molar-refractivity contribution in [3.63, 3.8) is 0 Å². The topological polar surface area (TPSA) is 89.5 Å². The van der Waals surface area contributed by atoms with Gasteiger partial charge in [-0.3, -0.25) is 9.52 Å². The van der Waals surface area contributed by atoms with Crippen LogP contribution < -0.4 is 4.72 Å². The number of ether oxygens (including phenoxy) is 1. The maximum Gasteiger partial charge on any atom is 0.338 e. The van der Waals surface area contributed by atoms with Crippen LogP contribution in [-0.2, 0) is 14.8 Å². The molecule has 3 rings (SSSR count). The first kappa shape index (κ1) is 21.9. The molecule has 8 heteroatoms. The number of sulfonamides is 1. The van der Waals surface area contributed by atoms with Gasteiger partial charge in [-0.1, -0.05) is 30.3 Å². The lowest BCUT2D eigenvalue weighted by Crippen LogP contribution is -2.14. The number of nitrogens with one attached hydrogen (secondary N) is 1. The Morgan fingerprint density at radius 3 is 2.13 bits per heavy atom. The Bertz CT molecular complexity index is 1190. The molecule has 0 aliphatic rings. The molecule has 0 aliphatic heterocycles. The number of hydrogen-bond acceptors (Lipinski definition) is 5. The van der Waals surface area contributed by atoms with Crippen molar-refractivity contribution in [2.75, 3.05) is 11.3 Å². The summed E-state index contributed by atoms with van der Waals surface area (Å²) in [7, 11) is -3.74. The highest BCUT2D eigenvalue weighted by atomic mass is 32.2. The molecule has 0 aliphatic carbocycles. The van der Waals surface area contributed by atoms with Gasteiger partial charge in [-0.15, -0.1) is 0 Å². The lowest BCUT2D eigenvalue weighted by Gasteiger charge is -2.07.